The number of rotatable bonds is 3. The average molecular weight is 284 g/mol. The molecule has 0 N–H and O–H groups in total. The highest BCUT2D eigenvalue weighted by molar-refractivity contribution is 8.76. The van der Waals surface area contributed by atoms with Crippen LogP contribution >= 0.6 is 46.8 Å². The van der Waals surface area contributed by atoms with Crippen LogP contribution in [0.15, 0.2) is 56.5 Å². The minimum absolute atomic E-state index is 0.872. The Morgan fingerprint density at radius 3 is 1.62 bits per heavy atom. The summed E-state index contributed by atoms with van der Waals surface area (Å²) in [5, 5.41) is 1.77. The molecule has 0 amide bonds. The molecule has 0 aliphatic rings. The molecule has 2 rings (SSSR count). The second-order valence-corrected chi connectivity index (χ2v) is 5.89. The Morgan fingerprint density at radius 2 is 1.25 bits per heavy atom. The van der Waals surface area contributed by atoms with Gasteiger partial charge in [-0.05, 0) is 45.9 Å². The first-order valence-electron chi connectivity index (χ1n) is 4.40. The fourth-order valence-corrected chi connectivity index (χ4v) is 3.85. The van der Waals surface area contributed by atoms with Crippen LogP contribution in [0.1, 0.15) is 0 Å². The Morgan fingerprint density at radius 1 is 0.812 bits per heavy atom. The summed E-state index contributed by atoms with van der Waals surface area (Å²) in [6.07, 6.45) is 3.51. The first kappa shape index (κ1) is 12.2. The van der Waals surface area contributed by atoms with E-state index in [1.54, 1.807) is 12.4 Å². The second kappa shape index (κ2) is 5.86. The van der Waals surface area contributed by atoms with Gasteiger partial charge in [0.2, 0.25) is 0 Å². The van der Waals surface area contributed by atoms with E-state index < -0.39 is 0 Å². The first-order valence-corrected chi connectivity index (χ1v) is 7.44. The molecule has 0 atom stereocenters. The van der Waals surface area contributed by atoms with E-state index in [2.05, 4.69) is 35.2 Å². The van der Waals surface area contributed by atoms with Gasteiger partial charge in [-0.2, -0.15) is 0 Å². The van der Waals surface area contributed by atoms with E-state index in [0.717, 1.165) is 19.8 Å². The normalized spacial score (nSPS) is 10.4. The van der Waals surface area contributed by atoms with Crippen molar-refractivity contribution in [2.75, 3.05) is 0 Å². The summed E-state index contributed by atoms with van der Waals surface area (Å²) in [5.41, 5.74) is 0. The molecule has 0 aliphatic carbocycles. The molecule has 0 unspecified atom stereocenters. The van der Waals surface area contributed by atoms with Gasteiger partial charge in [0.25, 0.3) is 0 Å². The van der Waals surface area contributed by atoms with Crippen LogP contribution in [-0.2, 0) is 0 Å². The fourth-order valence-electron chi connectivity index (χ4n) is 0.972. The number of aromatic nitrogens is 2. The summed E-state index contributed by atoms with van der Waals surface area (Å²) in [6, 6.07) is 7.56. The SMILES string of the molecule is Sc1cccnc1SSc1ncccc1S. The average Bonchev–Trinajstić information content (AvgIpc) is 2.30. The molecule has 0 bridgehead atoms. The summed E-state index contributed by atoms with van der Waals surface area (Å²) in [7, 11) is 3.06. The van der Waals surface area contributed by atoms with Gasteiger partial charge >= 0.3 is 0 Å². The molecule has 16 heavy (non-hydrogen) atoms. The van der Waals surface area contributed by atoms with E-state index in [1.165, 1.54) is 21.6 Å². The summed E-state index contributed by atoms with van der Waals surface area (Å²) >= 11 is 8.67. The Labute approximate surface area is 113 Å². The smallest absolute Gasteiger partial charge is 0.120 e. The third-order valence-corrected chi connectivity index (χ3v) is 4.97. The van der Waals surface area contributed by atoms with Crippen molar-refractivity contribution in [1.29, 1.82) is 0 Å². The minimum Gasteiger partial charge on any atom is -0.248 e. The topological polar surface area (TPSA) is 25.8 Å². The molecule has 2 heterocycles. The molecule has 0 radical (unpaired) electrons. The second-order valence-electron chi connectivity index (χ2n) is 2.82. The lowest BCUT2D eigenvalue weighted by Crippen LogP contribution is -1.81. The van der Waals surface area contributed by atoms with Crippen molar-refractivity contribution in [3.8, 4) is 0 Å². The van der Waals surface area contributed by atoms with E-state index >= 15 is 0 Å². The minimum atomic E-state index is 0.872. The summed E-state index contributed by atoms with van der Waals surface area (Å²) in [6.45, 7) is 0. The van der Waals surface area contributed by atoms with Gasteiger partial charge in [-0.25, -0.2) is 9.97 Å². The van der Waals surface area contributed by atoms with Crippen molar-refractivity contribution in [2.45, 2.75) is 19.8 Å². The van der Waals surface area contributed by atoms with Crippen LogP contribution in [0.3, 0.4) is 0 Å². The highest BCUT2D eigenvalue weighted by Gasteiger charge is 2.05. The van der Waals surface area contributed by atoms with E-state index in [4.69, 9.17) is 0 Å². The summed E-state index contributed by atoms with van der Waals surface area (Å²) in [4.78, 5) is 10.2. The van der Waals surface area contributed by atoms with Crippen LogP contribution in [0.4, 0.5) is 0 Å². The molecule has 0 aromatic carbocycles. The number of thiol groups is 2. The van der Waals surface area contributed by atoms with Gasteiger partial charge < -0.3 is 0 Å². The zero-order valence-electron chi connectivity index (χ0n) is 8.07. The van der Waals surface area contributed by atoms with Crippen LogP contribution in [0, 0.1) is 0 Å². The Balaban J connectivity index is 2.09. The predicted octanol–water partition coefficient (Wildman–Crippen LogP) is 3.85. The molecule has 2 aromatic heterocycles. The maximum atomic E-state index is 4.33. The number of nitrogens with zero attached hydrogens (tertiary/aromatic N) is 2. The van der Waals surface area contributed by atoms with Crippen LogP contribution in [-0.4, -0.2) is 9.97 Å². The Hall–Kier alpha value is -0.300. The molecule has 0 saturated heterocycles. The number of pyridine rings is 2. The Kier molecular flexibility index (Phi) is 4.45. The van der Waals surface area contributed by atoms with E-state index in [-0.39, 0.29) is 0 Å². The highest BCUT2D eigenvalue weighted by Crippen LogP contribution is 2.39. The quantitative estimate of drug-likeness (QED) is 0.661. The zero-order chi connectivity index (χ0) is 11.4. The zero-order valence-corrected chi connectivity index (χ0v) is 11.5. The molecule has 0 spiro atoms. The molecule has 2 nitrogen and oxygen atoms in total. The fraction of sp³-hybridized carbons (Fsp3) is 0. The van der Waals surface area contributed by atoms with Crippen molar-refractivity contribution in [3.63, 3.8) is 0 Å². The van der Waals surface area contributed by atoms with Crippen molar-refractivity contribution in [2.24, 2.45) is 0 Å². The third-order valence-electron chi connectivity index (χ3n) is 1.70. The van der Waals surface area contributed by atoms with E-state index in [1.807, 2.05) is 24.3 Å². The number of hydrogen-bond donors (Lipinski definition) is 2. The van der Waals surface area contributed by atoms with Crippen LogP contribution in [0.25, 0.3) is 0 Å². The van der Waals surface area contributed by atoms with Gasteiger partial charge in [0, 0.05) is 22.2 Å². The lowest BCUT2D eigenvalue weighted by Gasteiger charge is -2.03. The molecular formula is C10H8N2S4. The molecule has 82 valence electrons. The van der Waals surface area contributed by atoms with Gasteiger partial charge in [-0.3, -0.25) is 0 Å². The predicted molar refractivity (Wildman–Crippen MR) is 74.7 cm³/mol. The molecule has 0 saturated carbocycles. The van der Waals surface area contributed by atoms with E-state index in [9.17, 15) is 0 Å². The summed E-state index contributed by atoms with van der Waals surface area (Å²) in [5.74, 6) is 0. The Bertz CT molecular complexity index is 444. The summed E-state index contributed by atoms with van der Waals surface area (Å²) < 4.78 is 0. The van der Waals surface area contributed by atoms with Gasteiger partial charge in [-0.1, -0.05) is 0 Å². The standard InChI is InChI=1S/C10H8N2S4/c13-7-3-1-5-11-9(7)15-16-10-8(14)4-2-6-12-10/h1-6,13-14H. The molecule has 0 fully saturated rings. The monoisotopic (exact) mass is 284 g/mol. The van der Waals surface area contributed by atoms with Crippen molar-refractivity contribution >= 4 is 46.8 Å². The van der Waals surface area contributed by atoms with Crippen LogP contribution < -0.4 is 0 Å². The number of hydrogen-bond acceptors (Lipinski definition) is 6. The first-order chi connectivity index (χ1) is 7.77. The maximum Gasteiger partial charge on any atom is 0.120 e. The largest absolute Gasteiger partial charge is 0.248 e. The lowest BCUT2D eigenvalue weighted by atomic mass is 10.5. The molecule has 2 aromatic rings. The van der Waals surface area contributed by atoms with Gasteiger partial charge in [0.05, 0.1) is 0 Å². The highest BCUT2D eigenvalue weighted by atomic mass is 33.1. The molecular weight excluding hydrogens is 276 g/mol. The van der Waals surface area contributed by atoms with Gasteiger partial charge in [-0.15, -0.1) is 25.3 Å². The van der Waals surface area contributed by atoms with Gasteiger partial charge in [0.1, 0.15) is 10.1 Å². The molecule has 0 aliphatic heterocycles. The van der Waals surface area contributed by atoms with E-state index in [0.29, 0.717) is 0 Å². The third kappa shape index (κ3) is 3.10. The van der Waals surface area contributed by atoms with Crippen LogP contribution in [0.2, 0.25) is 0 Å². The lowest BCUT2D eigenvalue weighted by molar-refractivity contribution is 1.04. The van der Waals surface area contributed by atoms with Crippen molar-refractivity contribution in [3.05, 3.63) is 36.7 Å². The van der Waals surface area contributed by atoms with Crippen molar-refractivity contribution < 1.29 is 0 Å². The van der Waals surface area contributed by atoms with Gasteiger partial charge in [0.15, 0.2) is 0 Å². The van der Waals surface area contributed by atoms with Crippen LogP contribution in [0.5, 0.6) is 0 Å². The molecule has 6 heteroatoms. The maximum absolute atomic E-state index is 4.33. The van der Waals surface area contributed by atoms with Crippen molar-refractivity contribution in [1.82, 2.24) is 9.97 Å².